The number of carboxylic acid groups (broad SMARTS) is 1. The molecule has 0 aliphatic carbocycles. The maximum absolute atomic E-state index is 12.3. The van der Waals surface area contributed by atoms with Crippen molar-refractivity contribution in [1.82, 2.24) is 14.7 Å². The third kappa shape index (κ3) is 2.75. The number of amides is 2. The molecule has 2 rings (SSSR count). The maximum Gasteiger partial charge on any atom is 0.326 e. The number of carboxylic acids is 1. The summed E-state index contributed by atoms with van der Waals surface area (Å²) in [5, 5.41) is 9.11. The standard InChI is InChI=1S/C12H21N3O3/c1-13-5-3-6-14(9-8-13)12(18)15-7-2-4-10(15)11(16)17/h10H,2-9H2,1H3,(H,16,17)/t10-/m0/s1. The van der Waals surface area contributed by atoms with Crippen molar-refractivity contribution in [2.75, 3.05) is 39.8 Å². The minimum atomic E-state index is -0.882. The molecule has 1 atom stereocenters. The minimum Gasteiger partial charge on any atom is -0.480 e. The normalized spacial score (nSPS) is 26.2. The highest BCUT2D eigenvalue weighted by Gasteiger charge is 2.36. The van der Waals surface area contributed by atoms with Crippen LogP contribution in [-0.4, -0.2) is 77.6 Å². The Kier molecular flexibility index (Phi) is 4.06. The molecular formula is C12H21N3O3. The van der Waals surface area contributed by atoms with E-state index in [2.05, 4.69) is 4.90 Å². The van der Waals surface area contributed by atoms with Crippen LogP contribution in [0.4, 0.5) is 4.79 Å². The Bertz CT molecular complexity index is 335. The van der Waals surface area contributed by atoms with Crippen LogP contribution >= 0.6 is 0 Å². The molecule has 0 aromatic heterocycles. The Morgan fingerprint density at radius 1 is 1.06 bits per heavy atom. The van der Waals surface area contributed by atoms with Gasteiger partial charge in [0.15, 0.2) is 0 Å². The zero-order valence-corrected chi connectivity index (χ0v) is 10.8. The first kappa shape index (κ1) is 13.1. The number of nitrogens with zero attached hydrogens (tertiary/aromatic N) is 3. The predicted octanol–water partition coefficient (Wildman–Crippen LogP) is 0.293. The highest BCUT2D eigenvalue weighted by molar-refractivity contribution is 5.83. The fourth-order valence-electron chi connectivity index (χ4n) is 2.67. The van der Waals surface area contributed by atoms with E-state index < -0.39 is 12.0 Å². The van der Waals surface area contributed by atoms with Crippen molar-refractivity contribution in [3.05, 3.63) is 0 Å². The van der Waals surface area contributed by atoms with Crippen LogP contribution < -0.4 is 0 Å². The molecule has 2 heterocycles. The molecule has 0 spiro atoms. The van der Waals surface area contributed by atoms with Crippen molar-refractivity contribution in [3.63, 3.8) is 0 Å². The second-order valence-electron chi connectivity index (χ2n) is 5.12. The van der Waals surface area contributed by atoms with Crippen LogP contribution in [-0.2, 0) is 4.79 Å². The van der Waals surface area contributed by atoms with Crippen LogP contribution in [0.25, 0.3) is 0 Å². The Morgan fingerprint density at radius 2 is 1.83 bits per heavy atom. The largest absolute Gasteiger partial charge is 0.480 e. The van der Waals surface area contributed by atoms with Crippen molar-refractivity contribution < 1.29 is 14.7 Å². The molecule has 18 heavy (non-hydrogen) atoms. The summed E-state index contributed by atoms with van der Waals surface area (Å²) in [5.41, 5.74) is 0. The second kappa shape index (κ2) is 5.56. The van der Waals surface area contributed by atoms with E-state index in [-0.39, 0.29) is 6.03 Å². The lowest BCUT2D eigenvalue weighted by molar-refractivity contribution is -0.141. The number of carbonyl (C=O) groups is 2. The smallest absolute Gasteiger partial charge is 0.326 e. The van der Waals surface area contributed by atoms with Gasteiger partial charge in [0.25, 0.3) is 0 Å². The van der Waals surface area contributed by atoms with Gasteiger partial charge in [-0.1, -0.05) is 0 Å². The Morgan fingerprint density at radius 3 is 2.56 bits per heavy atom. The fraction of sp³-hybridized carbons (Fsp3) is 0.833. The molecule has 1 N–H and O–H groups in total. The summed E-state index contributed by atoms with van der Waals surface area (Å²) in [4.78, 5) is 29.0. The van der Waals surface area contributed by atoms with Crippen LogP contribution in [0.5, 0.6) is 0 Å². The number of carbonyl (C=O) groups excluding carboxylic acids is 1. The summed E-state index contributed by atoms with van der Waals surface area (Å²) in [6, 6.07) is -0.728. The van der Waals surface area contributed by atoms with Crippen molar-refractivity contribution in [2.24, 2.45) is 0 Å². The number of rotatable bonds is 1. The van der Waals surface area contributed by atoms with E-state index in [9.17, 15) is 9.59 Å². The Balaban J connectivity index is 1.99. The zero-order valence-electron chi connectivity index (χ0n) is 10.8. The molecule has 2 amide bonds. The average molecular weight is 255 g/mol. The quantitative estimate of drug-likeness (QED) is 0.731. The van der Waals surface area contributed by atoms with Crippen molar-refractivity contribution in [1.29, 1.82) is 0 Å². The van der Waals surface area contributed by atoms with Crippen molar-refractivity contribution in [3.8, 4) is 0 Å². The molecule has 2 saturated heterocycles. The molecule has 6 heteroatoms. The molecule has 2 aliphatic heterocycles. The molecule has 0 bridgehead atoms. The maximum atomic E-state index is 12.3. The number of likely N-dealkylation sites (tertiary alicyclic amines) is 1. The number of aliphatic carboxylic acids is 1. The summed E-state index contributed by atoms with van der Waals surface area (Å²) in [6.07, 6.45) is 2.32. The van der Waals surface area contributed by atoms with Gasteiger partial charge >= 0.3 is 12.0 Å². The van der Waals surface area contributed by atoms with Crippen molar-refractivity contribution >= 4 is 12.0 Å². The number of hydrogen-bond acceptors (Lipinski definition) is 3. The molecular weight excluding hydrogens is 234 g/mol. The minimum absolute atomic E-state index is 0.102. The Labute approximate surface area is 107 Å². The summed E-state index contributed by atoms with van der Waals surface area (Å²) < 4.78 is 0. The van der Waals surface area contributed by atoms with Gasteiger partial charge in [-0.3, -0.25) is 0 Å². The SMILES string of the molecule is CN1CCCN(C(=O)N2CCC[C@H]2C(=O)O)CC1. The van der Waals surface area contributed by atoms with Gasteiger partial charge in [0, 0.05) is 26.2 Å². The van der Waals surface area contributed by atoms with E-state index in [0.29, 0.717) is 19.5 Å². The Hall–Kier alpha value is -1.30. The van der Waals surface area contributed by atoms with Crippen LogP contribution in [0.1, 0.15) is 19.3 Å². The summed E-state index contributed by atoms with van der Waals surface area (Å²) >= 11 is 0. The number of urea groups is 1. The van der Waals surface area contributed by atoms with Gasteiger partial charge in [-0.25, -0.2) is 9.59 Å². The molecule has 0 aromatic carbocycles. The second-order valence-corrected chi connectivity index (χ2v) is 5.12. The molecule has 102 valence electrons. The summed E-state index contributed by atoms with van der Waals surface area (Å²) in [6.45, 7) is 3.84. The van der Waals surface area contributed by atoms with Gasteiger partial charge in [0.2, 0.25) is 0 Å². The van der Waals surface area contributed by atoms with E-state index >= 15 is 0 Å². The van der Waals surface area contributed by atoms with Gasteiger partial charge in [-0.05, 0) is 32.9 Å². The highest BCUT2D eigenvalue weighted by Crippen LogP contribution is 2.19. The highest BCUT2D eigenvalue weighted by atomic mass is 16.4. The molecule has 2 fully saturated rings. The van der Waals surface area contributed by atoms with E-state index in [1.165, 1.54) is 4.90 Å². The van der Waals surface area contributed by atoms with E-state index in [0.717, 1.165) is 32.5 Å². The molecule has 2 aliphatic rings. The first-order valence-electron chi connectivity index (χ1n) is 6.56. The monoisotopic (exact) mass is 255 g/mol. The van der Waals surface area contributed by atoms with Gasteiger partial charge in [0.05, 0.1) is 0 Å². The lowest BCUT2D eigenvalue weighted by Crippen LogP contribution is -2.48. The summed E-state index contributed by atoms with van der Waals surface area (Å²) in [5.74, 6) is -0.882. The lowest BCUT2D eigenvalue weighted by atomic mass is 10.2. The summed E-state index contributed by atoms with van der Waals surface area (Å²) in [7, 11) is 2.05. The third-order valence-electron chi connectivity index (χ3n) is 3.77. The van der Waals surface area contributed by atoms with Crippen LogP contribution in [0, 0.1) is 0 Å². The molecule has 0 radical (unpaired) electrons. The van der Waals surface area contributed by atoms with E-state index in [1.807, 2.05) is 7.05 Å². The zero-order chi connectivity index (χ0) is 13.1. The number of hydrogen-bond donors (Lipinski definition) is 1. The molecule has 6 nitrogen and oxygen atoms in total. The molecule has 0 unspecified atom stereocenters. The van der Waals surface area contributed by atoms with Crippen LogP contribution in [0.3, 0.4) is 0 Å². The third-order valence-corrected chi connectivity index (χ3v) is 3.77. The van der Waals surface area contributed by atoms with Crippen molar-refractivity contribution in [2.45, 2.75) is 25.3 Å². The van der Waals surface area contributed by atoms with E-state index in [4.69, 9.17) is 5.11 Å². The van der Waals surface area contributed by atoms with E-state index in [1.54, 1.807) is 4.90 Å². The molecule has 0 aromatic rings. The number of likely N-dealkylation sites (N-methyl/N-ethyl adjacent to an activating group) is 1. The fourth-order valence-corrected chi connectivity index (χ4v) is 2.67. The topological polar surface area (TPSA) is 64.1 Å². The lowest BCUT2D eigenvalue weighted by Gasteiger charge is -2.29. The first-order valence-corrected chi connectivity index (χ1v) is 6.56. The van der Waals surface area contributed by atoms with Crippen LogP contribution in [0.2, 0.25) is 0 Å². The van der Waals surface area contributed by atoms with Gasteiger partial charge in [-0.2, -0.15) is 0 Å². The van der Waals surface area contributed by atoms with Gasteiger partial charge < -0.3 is 19.8 Å². The first-order chi connectivity index (χ1) is 8.59. The van der Waals surface area contributed by atoms with Gasteiger partial charge in [-0.15, -0.1) is 0 Å². The predicted molar refractivity (Wildman–Crippen MR) is 66.4 cm³/mol. The van der Waals surface area contributed by atoms with Gasteiger partial charge in [0.1, 0.15) is 6.04 Å². The molecule has 0 saturated carbocycles. The van der Waals surface area contributed by atoms with Crippen LogP contribution in [0.15, 0.2) is 0 Å². The average Bonchev–Trinajstić information content (AvgIpc) is 2.72.